The molecule has 2 atom stereocenters. The molecule has 116 valence electrons. The molecule has 2 unspecified atom stereocenters. The molecule has 0 bridgehead atoms. The second-order valence-electron chi connectivity index (χ2n) is 6.15. The lowest BCUT2D eigenvalue weighted by atomic mass is 9.99. The lowest BCUT2D eigenvalue weighted by Gasteiger charge is -2.37. The van der Waals surface area contributed by atoms with Crippen LogP contribution in [0, 0.1) is 11.7 Å². The molecule has 0 N–H and O–H groups in total. The van der Waals surface area contributed by atoms with E-state index in [-0.39, 0.29) is 11.7 Å². The first-order valence-electron chi connectivity index (χ1n) is 7.52. The number of hydrogen-bond acceptors (Lipinski definition) is 4. The fraction of sp³-hybridized carbons (Fsp3) is 0.625. The largest absolute Gasteiger partial charge is 0.305 e. The van der Waals surface area contributed by atoms with Crippen molar-refractivity contribution in [1.29, 1.82) is 0 Å². The van der Waals surface area contributed by atoms with Gasteiger partial charge in [0.1, 0.15) is 11.5 Å². The van der Waals surface area contributed by atoms with Crippen LogP contribution >= 0.6 is 0 Å². The predicted molar refractivity (Wildman–Crippen MR) is 80.8 cm³/mol. The summed E-state index contributed by atoms with van der Waals surface area (Å²) < 4.78 is 12.9. The van der Waals surface area contributed by atoms with E-state index in [2.05, 4.69) is 28.9 Å². The van der Waals surface area contributed by atoms with Crippen LogP contribution in [0.1, 0.15) is 30.3 Å². The second kappa shape index (κ2) is 7.09. The number of carbonyl (C=O) groups excluding carboxylic acids is 1. The van der Waals surface area contributed by atoms with E-state index >= 15 is 0 Å². The molecule has 2 rings (SSSR count). The number of carbonyl (C=O) groups is 1. The summed E-state index contributed by atoms with van der Waals surface area (Å²) in [4.78, 5) is 20.8. The Morgan fingerprint density at radius 3 is 2.90 bits per heavy atom. The molecule has 1 aromatic rings. The minimum absolute atomic E-state index is 0.0121. The average molecular weight is 293 g/mol. The maximum Gasteiger partial charge on any atom is 0.185 e. The third-order valence-corrected chi connectivity index (χ3v) is 4.17. The Balaban J connectivity index is 1.92. The molecule has 1 aliphatic rings. The Kier molecular flexibility index (Phi) is 5.42. The van der Waals surface area contributed by atoms with Crippen molar-refractivity contribution >= 4 is 5.78 Å². The zero-order chi connectivity index (χ0) is 15.4. The number of piperidine rings is 1. The van der Waals surface area contributed by atoms with Crippen molar-refractivity contribution in [2.45, 2.75) is 25.8 Å². The average Bonchev–Trinajstić information content (AvgIpc) is 2.47. The van der Waals surface area contributed by atoms with Crippen molar-refractivity contribution in [3.63, 3.8) is 0 Å². The summed E-state index contributed by atoms with van der Waals surface area (Å²) in [6.45, 7) is 4.70. The number of aromatic nitrogens is 1. The highest BCUT2D eigenvalue weighted by atomic mass is 19.1. The van der Waals surface area contributed by atoms with E-state index in [0.29, 0.717) is 11.7 Å². The van der Waals surface area contributed by atoms with Crippen LogP contribution in [0.4, 0.5) is 4.39 Å². The van der Waals surface area contributed by atoms with Gasteiger partial charge in [0.15, 0.2) is 5.78 Å². The van der Waals surface area contributed by atoms with Crippen LogP contribution in [-0.2, 0) is 0 Å². The Morgan fingerprint density at radius 2 is 2.29 bits per heavy atom. The van der Waals surface area contributed by atoms with E-state index in [0.717, 1.165) is 25.8 Å². The molecule has 5 heteroatoms. The Hall–Kier alpha value is -1.33. The quantitative estimate of drug-likeness (QED) is 0.779. The number of Topliss-reactive ketones (excluding diaryl/α,β-unsaturated/α-hetero) is 1. The van der Waals surface area contributed by atoms with Crippen molar-refractivity contribution in [3.05, 3.63) is 29.8 Å². The lowest BCUT2D eigenvalue weighted by Crippen LogP contribution is -2.47. The number of rotatable bonds is 5. The van der Waals surface area contributed by atoms with Gasteiger partial charge in [0.25, 0.3) is 0 Å². The van der Waals surface area contributed by atoms with Crippen LogP contribution in [0.5, 0.6) is 0 Å². The number of ketones is 1. The van der Waals surface area contributed by atoms with Gasteiger partial charge in [-0.2, -0.15) is 0 Å². The molecule has 0 saturated carbocycles. The summed E-state index contributed by atoms with van der Waals surface area (Å²) in [5, 5.41) is 0. The maximum atomic E-state index is 12.9. The third kappa shape index (κ3) is 4.32. The summed E-state index contributed by atoms with van der Waals surface area (Å²) in [7, 11) is 4.20. The highest BCUT2D eigenvalue weighted by Crippen LogP contribution is 2.16. The van der Waals surface area contributed by atoms with Gasteiger partial charge in [-0.15, -0.1) is 0 Å². The Bertz CT molecular complexity index is 475. The number of nitrogens with zero attached hydrogens (tertiary/aromatic N) is 3. The van der Waals surface area contributed by atoms with E-state index in [1.54, 1.807) is 0 Å². The van der Waals surface area contributed by atoms with E-state index in [9.17, 15) is 9.18 Å². The number of likely N-dealkylation sites (tertiary alicyclic amines) is 1. The molecule has 2 heterocycles. The number of hydrogen-bond donors (Lipinski definition) is 0. The van der Waals surface area contributed by atoms with E-state index in [1.165, 1.54) is 25.0 Å². The normalized spacial score (nSPS) is 21.5. The Labute approximate surface area is 126 Å². The molecule has 1 fully saturated rings. The monoisotopic (exact) mass is 293 g/mol. The minimum atomic E-state index is -0.413. The molecule has 0 aliphatic carbocycles. The summed E-state index contributed by atoms with van der Waals surface area (Å²) >= 11 is 0. The molecule has 1 aromatic heterocycles. The van der Waals surface area contributed by atoms with Gasteiger partial charge < -0.3 is 9.80 Å². The summed E-state index contributed by atoms with van der Waals surface area (Å²) in [5.74, 6) is -0.546. The van der Waals surface area contributed by atoms with Crippen molar-refractivity contribution in [1.82, 2.24) is 14.8 Å². The molecule has 1 saturated heterocycles. The molecule has 1 aliphatic heterocycles. The van der Waals surface area contributed by atoms with E-state index < -0.39 is 5.82 Å². The smallest absolute Gasteiger partial charge is 0.185 e. The van der Waals surface area contributed by atoms with Crippen LogP contribution in [0.15, 0.2) is 18.3 Å². The van der Waals surface area contributed by atoms with Crippen LogP contribution in [0.2, 0.25) is 0 Å². The standard InChI is InChI=1S/C16H24FN3O/c1-12(16(21)15-7-6-13(17)9-18-15)10-20-8-4-5-14(11-20)19(2)3/h6-7,9,12,14H,4-5,8,10-11H2,1-3H3. The molecule has 4 nitrogen and oxygen atoms in total. The minimum Gasteiger partial charge on any atom is -0.305 e. The van der Waals surface area contributed by atoms with E-state index in [1.807, 2.05) is 6.92 Å². The molecular weight excluding hydrogens is 269 g/mol. The van der Waals surface area contributed by atoms with Crippen LogP contribution in [0.3, 0.4) is 0 Å². The highest BCUT2D eigenvalue weighted by molar-refractivity contribution is 5.95. The van der Waals surface area contributed by atoms with Gasteiger partial charge in [0.2, 0.25) is 0 Å². The van der Waals surface area contributed by atoms with E-state index in [4.69, 9.17) is 0 Å². The lowest BCUT2D eigenvalue weighted by molar-refractivity contribution is 0.0828. The molecule has 21 heavy (non-hydrogen) atoms. The SMILES string of the molecule is CC(CN1CCCC(N(C)C)C1)C(=O)c1ccc(F)cn1. The fourth-order valence-corrected chi connectivity index (χ4v) is 2.86. The molecule has 0 aromatic carbocycles. The van der Waals surface area contributed by atoms with Crippen molar-refractivity contribution in [2.75, 3.05) is 33.7 Å². The van der Waals surface area contributed by atoms with Gasteiger partial charge in [0.05, 0.1) is 6.20 Å². The molecule has 0 spiro atoms. The number of likely N-dealkylation sites (N-methyl/N-ethyl adjacent to an activating group) is 1. The van der Waals surface area contributed by atoms with Crippen LogP contribution < -0.4 is 0 Å². The van der Waals surface area contributed by atoms with Gasteiger partial charge in [-0.05, 0) is 45.6 Å². The van der Waals surface area contributed by atoms with Crippen LogP contribution in [-0.4, -0.2) is 60.3 Å². The Morgan fingerprint density at radius 1 is 1.52 bits per heavy atom. The number of pyridine rings is 1. The third-order valence-electron chi connectivity index (χ3n) is 4.17. The zero-order valence-corrected chi connectivity index (χ0v) is 13.1. The van der Waals surface area contributed by atoms with Gasteiger partial charge >= 0.3 is 0 Å². The molecule has 0 amide bonds. The summed E-state index contributed by atoms with van der Waals surface area (Å²) in [5.41, 5.74) is 0.352. The van der Waals surface area contributed by atoms with Crippen LogP contribution in [0.25, 0.3) is 0 Å². The van der Waals surface area contributed by atoms with Gasteiger partial charge in [-0.3, -0.25) is 9.78 Å². The van der Waals surface area contributed by atoms with Crippen molar-refractivity contribution < 1.29 is 9.18 Å². The fourth-order valence-electron chi connectivity index (χ4n) is 2.86. The van der Waals surface area contributed by atoms with Crippen molar-refractivity contribution in [3.8, 4) is 0 Å². The predicted octanol–water partition coefficient (Wildman–Crippen LogP) is 2.07. The second-order valence-corrected chi connectivity index (χ2v) is 6.15. The van der Waals surface area contributed by atoms with Gasteiger partial charge in [-0.1, -0.05) is 6.92 Å². The summed E-state index contributed by atoms with van der Waals surface area (Å²) in [6.07, 6.45) is 3.48. The molecular formula is C16H24FN3O. The zero-order valence-electron chi connectivity index (χ0n) is 13.1. The first-order valence-corrected chi connectivity index (χ1v) is 7.52. The topological polar surface area (TPSA) is 36.4 Å². The van der Waals surface area contributed by atoms with Crippen molar-refractivity contribution in [2.24, 2.45) is 5.92 Å². The number of halogens is 1. The maximum absolute atomic E-state index is 12.9. The first kappa shape index (κ1) is 16.0. The highest BCUT2D eigenvalue weighted by Gasteiger charge is 2.25. The first-order chi connectivity index (χ1) is 9.97. The molecule has 0 radical (unpaired) electrons. The summed E-state index contributed by atoms with van der Waals surface area (Å²) in [6, 6.07) is 3.31. The van der Waals surface area contributed by atoms with Gasteiger partial charge in [0, 0.05) is 25.0 Å². The van der Waals surface area contributed by atoms with Gasteiger partial charge in [-0.25, -0.2) is 4.39 Å².